The molecule has 152 valence electrons. The molecule has 0 unspecified atom stereocenters. The second-order valence-electron chi connectivity index (χ2n) is 6.85. The molecular formula is C23H21N3O4. The number of ether oxygens (including phenoxy) is 2. The number of carbonyl (C=O) groups is 1. The Labute approximate surface area is 173 Å². The summed E-state index contributed by atoms with van der Waals surface area (Å²) in [6.07, 6.45) is 1.28. The maximum absolute atomic E-state index is 12.5. The summed E-state index contributed by atoms with van der Waals surface area (Å²) in [7, 11) is 3.42. The van der Waals surface area contributed by atoms with Crippen molar-refractivity contribution < 1.29 is 18.7 Å². The molecule has 0 N–H and O–H groups in total. The first-order chi connectivity index (χ1) is 14.6. The number of hydrogen-bond donors (Lipinski definition) is 0. The Bertz CT molecular complexity index is 1140. The summed E-state index contributed by atoms with van der Waals surface area (Å²) in [6, 6.07) is 19.2. The molecule has 0 aliphatic carbocycles. The first kappa shape index (κ1) is 19.4. The van der Waals surface area contributed by atoms with Crippen LogP contribution in [0, 0.1) is 0 Å². The molecule has 0 spiro atoms. The topological polar surface area (TPSA) is 77.7 Å². The van der Waals surface area contributed by atoms with Crippen molar-refractivity contribution >= 4 is 16.7 Å². The molecule has 7 nitrogen and oxygen atoms in total. The van der Waals surface area contributed by atoms with Gasteiger partial charge in [0.2, 0.25) is 12.3 Å². The van der Waals surface area contributed by atoms with Crippen molar-refractivity contribution in [2.75, 3.05) is 20.8 Å². The number of fused-ring (bicyclic) bond motifs is 1. The summed E-state index contributed by atoms with van der Waals surface area (Å²) in [4.78, 5) is 14.1. The zero-order valence-electron chi connectivity index (χ0n) is 16.7. The van der Waals surface area contributed by atoms with Crippen LogP contribution in [-0.4, -0.2) is 41.8 Å². The standard InChI is InChI=1S/C23H21N3O4/c1-26(13-16-3-4-19-12-21(28-2)10-7-18(19)11-16)22(27)14-29-20-8-5-17(6-9-20)23-25-24-15-30-23/h3-12,15H,13-14H2,1-2H3. The minimum absolute atomic E-state index is 0.0405. The highest BCUT2D eigenvalue weighted by molar-refractivity contribution is 5.84. The fourth-order valence-electron chi connectivity index (χ4n) is 3.11. The lowest BCUT2D eigenvalue weighted by molar-refractivity contribution is -0.132. The van der Waals surface area contributed by atoms with Crippen LogP contribution >= 0.6 is 0 Å². The van der Waals surface area contributed by atoms with Crippen LogP contribution < -0.4 is 9.47 Å². The summed E-state index contributed by atoms with van der Waals surface area (Å²) in [6.45, 7) is 0.460. The number of nitrogens with zero attached hydrogens (tertiary/aromatic N) is 3. The van der Waals surface area contributed by atoms with Gasteiger partial charge in [0.15, 0.2) is 6.61 Å². The Morgan fingerprint density at radius 1 is 1.00 bits per heavy atom. The lowest BCUT2D eigenvalue weighted by atomic mass is 10.1. The highest BCUT2D eigenvalue weighted by Crippen LogP contribution is 2.23. The van der Waals surface area contributed by atoms with E-state index in [1.165, 1.54) is 6.39 Å². The third-order valence-corrected chi connectivity index (χ3v) is 4.78. The average Bonchev–Trinajstić information content (AvgIpc) is 3.32. The smallest absolute Gasteiger partial charge is 0.260 e. The summed E-state index contributed by atoms with van der Waals surface area (Å²) in [5, 5.41) is 9.71. The van der Waals surface area contributed by atoms with Crippen LogP contribution in [0.2, 0.25) is 0 Å². The van der Waals surface area contributed by atoms with Crippen LogP contribution in [0.4, 0.5) is 0 Å². The number of rotatable bonds is 7. The van der Waals surface area contributed by atoms with E-state index in [-0.39, 0.29) is 12.5 Å². The number of benzene rings is 3. The van der Waals surface area contributed by atoms with E-state index in [1.807, 2.05) is 30.3 Å². The molecule has 0 saturated carbocycles. The van der Waals surface area contributed by atoms with Crippen molar-refractivity contribution in [1.82, 2.24) is 15.1 Å². The van der Waals surface area contributed by atoms with Crippen molar-refractivity contribution in [3.8, 4) is 23.0 Å². The van der Waals surface area contributed by atoms with E-state index < -0.39 is 0 Å². The number of methoxy groups -OCH3 is 1. The monoisotopic (exact) mass is 403 g/mol. The molecular weight excluding hydrogens is 382 g/mol. The fourth-order valence-corrected chi connectivity index (χ4v) is 3.11. The molecule has 4 aromatic rings. The van der Waals surface area contributed by atoms with Gasteiger partial charge in [0.1, 0.15) is 11.5 Å². The van der Waals surface area contributed by atoms with Crippen molar-refractivity contribution in [2.45, 2.75) is 6.54 Å². The molecule has 0 atom stereocenters. The van der Waals surface area contributed by atoms with Gasteiger partial charge in [0, 0.05) is 19.2 Å². The van der Waals surface area contributed by atoms with Gasteiger partial charge in [-0.05, 0) is 58.8 Å². The van der Waals surface area contributed by atoms with Gasteiger partial charge < -0.3 is 18.8 Å². The Morgan fingerprint density at radius 2 is 1.73 bits per heavy atom. The second kappa shape index (κ2) is 8.65. The van der Waals surface area contributed by atoms with Gasteiger partial charge >= 0.3 is 0 Å². The van der Waals surface area contributed by atoms with Gasteiger partial charge in [-0.15, -0.1) is 10.2 Å². The van der Waals surface area contributed by atoms with Crippen LogP contribution in [0.15, 0.2) is 71.5 Å². The largest absolute Gasteiger partial charge is 0.497 e. The van der Waals surface area contributed by atoms with Crippen molar-refractivity contribution in [1.29, 1.82) is 0 Å². The molecule has 30 heavy (non-hydrogen) atoms. The molecule has 0 aliphatic rings. The van der Waals surface area contributed by atoms with Crippen LogP contribution in [0.3, 0.4) is 0 Å². The van der Waals surface area contributed by atoms with E-state index >= 15 is 0 Å². The van der Waals surface area contributed by atoms with E-state index in [9.17, 15) is 4.79 Å². The normalized spacial score (nSPS) is 10.7. The van der Waals surface area contributed by atoms with Crippen LogP contribution in [0.25, 0.3) is 22.2 Å². The highest BCUT2D eigenvalue weighted by atomic mass is 16.5. The van der Waals surface area contributed by atoms with Gasteiger partial charge in [-0.25, -0.2) is 0 Å². The van der Waals surface area contributed by atoms with Crippen molar-refractivity contribution in [3.05, 3.63) is 72.6 Å². The fraction of sp³-hybridized carbons (Fsp3) is 0.174. The molecule has 0 bridgehead atoms. The van der Waals surface area contributed by atoms with Gasteiger partial charge in [-0.1, -0.05) is 18.2 Å². The van der Waals surface area contributed by atoms with E-state index in [0.29, 0.717) is 18.2 Å². The molecule has 4 rings (SSSR count). The highest BCUT2D eigenvalue weighted by Gasteiger charge is 2.11. The van der Waals surface area contributed by atoms with Gasteiger partial charge in [-0.2, -0.15) is 0 Å². The number of aromatic nitrogens is 2. The summed E-state index contributed by atoms with van der Waals surface area (Å²) in [5.41, 5.74) is 1.84. The number of hydrogen-bond acceptors (Lipinski definition) is 6. The zero-order chi connectivity index (χ0) is 20.9. The molecule has 1 heterocycles. The van der Waals surface area contributed by atoms with E-state index in [4.69, 9.17) is 13.9 Å². The minimum atomic E-state index is -0.106. The number of carbonyl (C=O) groups excluding carboxylic acids is 1. The zero-order valence-corrected chi connectivity index (χ0v) is 16.7. The number of likely N-dealkylation sites (N-methyl/N-ethyl adjacent to an activating group) is 1. The van der Waals surface area contributed by atoms with Crippen LogP contribution in [0.5, 0.6) is 11.5 Å². The lowest BCUT2D eigenvalue weighted by Crippen LogP contribution is -2.30. The first-order valence-corrected chi connectivity index (χ1v) is 9.42. The molecule has 1 aromatic heterocycles. The van der Waals surface area contributed by atoms with Crippen molar-refractivity contribution in [3.63, 3.8) is 0 Å². The predicted octanol–water partition coefficient (Wildman–Crippen LogP) is 3.94. The van der Waals surface area contributed by atoms with Gasteiger partial charge in [-0.3, -0.25) is 4.79 Å². The molecule has 0 saturated heterocycles. The van der Waals surface area contributed by atoms with E-state index in [2.05, 4.69) is 16.3 Å². The van der Waals surface area contributed by atoms with Gasteiger partial charge in [0.05, 0.1) is 7.11 Å². The maximum atomic E-state index is 12.5. The Kier molecular flexibility index (Phi) is 5.61. The quantitative estimate of drug-likeness (QED) is 0.465. The molecule has 7 heteroatoms. The summed E-state index contributed by atoms with van der Waals surface area (Å²) in [5.74, 6) is 1.75. The SMILES string of the molecule is COc1ccc2cc(CN(C)C(=O)COc3ccc(-c4nnco4)cc3)ccc2c1. The summed E-state index contributed by atoms with van der Waals surface area (Å²) < 4.78 is 16.0. The average molecular weight is 403 g/mol. The van der Waals surface area contributed by atoms with Gasteiger partial charge in [0.25, 0.3) is 5.91 Å². The van der Waals surface area contributed by atoms with E-state index in [0.717, 1.165) is 27.6 Å². The second-order valence-corrected chi connectivity index (χ2v) is 6.85. The summed E-state index contributed by atoms with van der Waals surface area (Å²) >= 11 is 0. The number of amides is 1. The molecule has 0 radical (unpaired) electrons. The molecule has 0 aliphatic heterocycles. The third kappa shape index (κ3) is 4.41. The Balaban J connectivity index is 1.34. The Morgan fingerprint density at radius 3 is 2.47 bits per heavy atom. The Hall–Kier alpha value is -3.87. The molecule has 0 fully saturated rings. The molecule has 1 amide bonds. The van der Waals surface area contributed by atoms with Crippen molar-refractivity contribution in [2.24, 2.45) is 0 Å². The third-order valence-electron chi connectivity index (χ3n) is 4.78. The maximum Gasteiger partial charge on any atom is 0.260 e. The van der Waals surface area contributed by atoms with Crippen LogP contribution in [0.1, 0.15) is 5.56 Å². The first-order valence-electron chi connectivity index (χ1n) is 9.42. The minimum Gasteiger partial charge on any atom is -0.497 e. The predicted molar refractivity (Wildman–Crippen MR) is 112 cm³/mol. The van der Waals surface area contributed by atoms with E-state index in [1.54, 1.807) is 43.3 Å². The van der Waals surface area contributed by atoms with Crippen LogP contribution in [-0.2, 0) is 11.3 Å². The molecule has 3 aromatic carbocycles. The lowest BCUT2D eigenvalue weighted by Gasteiger charge is -2.18.